The molecule has 0 aliphatic rings. The zero-order valence-electron chi connectivity index (χ0n) is 11.9. The fourth-order valence-corrected chi connectivity index (χ4v) is 4.18. The molecule has 0 aliphatic carbocycles. The number of nitrogen functional groups attached to an aromatic ring is 1. The van der Waals surface area contributed by atoms with Crippen molar-refractivity contribution >= 4 is 44.4 Å². The molecule has 5 heteroatoms. The predicted octanol–water partition coefficient (Wildman–Crippen LogP) is 4.13. The summed E-state index contributed by atoms with van der Waals surface area (Å²) in [5.41, 5.74) is 9.08. The summed E-state index contributed by atoms with van der Waals surface area (Å²) < 4.78 is 1.10. The average molecular weight is 316 g/mol. The first-order valence-electron chi connectivity index (χ1n) is 6.62. The van der Waals surface area contributed by atoms with Crippen molar-refractivity contribution in [3.8, 4) is 0 Å². The van der Waals surface area contributed by atoms with Crippen molar-refractivity contribution in [3.63, 3.8) is 0 Å². The number of hydrogen-bond acceptors (Lipinski definition) is 4. The number of anilines is 1. The molecule has 2 heterocycles. The van der Waals surface area contributed by atoms with Crippen molar-refractivity contribution in [2.45, 2.75) is 13.5 Å². The highest BCUT2D eigenvalue weighted by molar-refractivity contribution is 7.21. The molecule has 0 spiro atoms. The van der Waals surface area contributed by atoms with E-state index in [0.717, 1.165) is 21.2 Å². The van der Waals surface area contributed by atoms with Gasteiger partial charge in [-0.25, -0.2) is 0 Å². The van der Waals surface area contributed by atoms with Crippen molar-refractivity contribution in [3.05, 3.63) is 51.0 Å². The summed E-state index contributed by atoms with van der Waals surface area (Å²) in [6, 6.07) is 8.03. The van der Waals surface area contributed by atoms with Gasteiger partial charge in [-0.1, -0.05) is 18.2 Å². The lowest BCUT2D eigenvalue weighted by atomic mass is 10.1. The number of fused-ring (bicyclic) bond motifs is 1. The fourth-order valence-electron chi connectivity index (χ4n) is 2.34. The minimum Gasteiger partial charge on any atom is -0.397 e. The molecule has 0 radical (unpaired) electrons. The molecule has 0 bridgehead atoms. The minimum absolute atomic E-state index is 0.0145. The van der Waals surface area contributed by atoms with Crippen LogP contribution < -0.4 is 5.73 Å². The van der Waals surface area contributed by atoms with Gasteiger partial charge < -0.3 is 10.6 Å². The number of rotatable bonds is 3. The van der Waals surface area contributed by atoms with Crippen LogP contribution in [0.25, 0.3) is 10.1 Å². The number of carbonyl (C=O) groups excluding carboxylic acids is 1. The van der Waals surface area contributed by atoms with Crippen LogP contribution in [-0.4, -0.2) is 17.9 Å². The SMILES string of the molecule is Cc1cccc2c(N)c(C(=O)N(C)Cc3ccsc3)sc12. The summed E-state index contributed by atoms with van der Waals surface area (Å²) in [4.78, 5) is 15.0. The van der Waals surface area contributed by atoms with Crippen LogP contribution >= 0.6 is 22.7 Å². The molecule has 1 aromatic carbocycles. The quantitative estimate of drug-likeness (QED) is 0.790. The number of amides is 1. The van der Waals surface area contributed by atoms with E-state index in [9.17, 15) is 4.79 Å². The second kappa shape index (κ2) is 5.50. The Labute approximate surface area is 131 Å². The summed E-state index contributed by atoms with van der Waals surface area (Å²) >= 11 is 3.12. The van der Waals surface area contributed by atoms with Crippen LogP contribution in [0.15, 0.2) is 35.0 Å². The normalized spacial score (nSPS) is 11.0. The van der Waals surface area contributed by atoms with Gasteiger partial charge >= 0.3 is 0 Å². The molecule has 2 aromatic heterocycles. The Hall–Kier alpha value is -1.85. The van der Waals surface area contributed by atoms with E-state index in [1.165, 1.54) is 11.3 Å². The Balaban J connectivity index is 1.94. The molecule has 0 unspecified atom stereocenters. The lowest BCUT2D eigenvalue weighted by Crippen LogP contribution is -2.25. The number of nitrogens with zero attached hydrogens (tertiary/aromatic N) is 1. The lowest BCUT2D eigenvalue weighted by molar-refractivity contribution is 0.0791. The fraction of sp³-hybridized carbons (Fsp3) is 0.188. The summed E-state index contributed by atoms with van der Waals surface area (Å²) in [5.74, 6) is -0.0145. The molecular weight excluding hydrogens is 300 g/mol. The highest BCUT2D eigenvalue weighted by atomic mass is 32.1. The van der Waals surface area contributed by atoms with Crippen LogP contribution in [0.1, 0.15) is 20.8 Å². The first-order chi connectivity index (χ1) is 10.1. The number of thiophene rings is 2. The molecule has 3 aromatic rings. The molecule has 3 rings (SSSR count). The van der Waals surface area contributed by atoms with Gasteiger partial charge in [0.2, 0.25) is 0 Å². The zero-order valence-corrected chi connectivity index (χ0v) is 13.6. The summed E-state index contributed by atoms with van der Waals surface area (Å²) in [7, 11) is 1.82. The molecule has 21 heavy (non-hydrogen) atoms. The molecule has 1 amide bonds. The largest absolute Gasteiger partial charge is 0.397 e. The summed E-state index contributed by atoms with van der Waals surface area (Å²) in [6.07, 6.45) is 0. The molecule has 3 nitrogen and oxygen atoms in total. The third-order valence-corrected chi connectivity index (χ3v) is 5.57. The van der Waals surface area contributed by atoms with E-state index in [1.807, 2.05) is 43.6 Å². The van der Waals surface area contributed by atoms with Crippen molar-refractivity contribution < 1.29 is 4.79 Å². The number of benzene rings is 1. The average Bonchev–Trinajstić information content (AvgIpc) is 3.08. The van der Waals surface area contributed by atoms with E-state index in [0.29, 0.717) is 17.1 Å². The highest BCUT2D eigenvalue weighted by Gasteiger charge is 2.20. The van der Waals surface area contributed by atoms with Crippen molar-refractivity contribution in [2.75, 3.05) is 12.8 Å². The van der Waals surface area contributed by atoms with E-state index in [4.69, 9.17) is 5.73 Å². The Morgan fingerprint density at radius 2 is 2.14 bits per heavy atom. The lowest BCUT2D eigenvalue weighted by Gasteiger charge is -2.15. The van der Waals surface area contributed by atoms with Crippen LogP contribution in [0.5, 0.6) is 0 Å². The second-order valence-electron chi connectivity index (χ2n) is 5.09. The van der Waals surface area contributed by atoms with Gasteiger partial charge in [-0.05, 0) is 34.9 Å². The van der Waals surface area contributed by atoms with Crippen molar-refractivity contribution in [2.24, 2.45) is 0 Å². The Morgan fingerprint density at radius 1 is 1.33 bits per heavy atom. The molecule has 0 fully saturated rings. The van der Waals surface area contributed by atoms with Gasteiger partial charge in [-0.15, -0.1) is 11.3 Å². The number of hydrogen-bond donors (Lipinski definition) is 1. The van der Waals surface area contributed by atoms with E-state index in [2.05, 4.69) is 5.38 Å². The molecule has 108 valence electrons. The standard InChI is InChI=1S/C16H16N2OS2/c1-10-4-3-5-12-13(17)15(21-14(10)12)16(19)18(2)8-11-6-7-20-9-11/h3-7,9H,8,17H2,1-2H3. The van der Waals surface area contributed by atoms with Crippen LogP contribution in [0, 0.1) is 6.92 Å². The maximum atomic E-state index is 12.6. The van der Waals surface area contributed by atoms with Gasteiger partial charge in [0.15, 0.2) is 0 Å². The van der Waals surface area contributed by atoms with Gasteiger partial charge in [0.05, 0.1) is 5.69 Å². The molecule has 0 aliphatic heterocycles. The van der Waals surface area contributed by atoms with Crippen molar-refractivity contribution in [1.82, 2.24) is 4.90 Å². The molecule has 2 N–H and O–H groups in total. The number of aryl methyl sites for hydroxylation is 1. The Morgan fingerprint density at radius 3 is 2.81 bits per heavy atom. The van der Waals surface area contributed by atoms with Crippen LogP contribution in [0.3, 0.4) is 0 Å². The van der Waals surface area contributed by atoms with Gasteiger partial charge in [-0.3, -0.25) is 4.79 Å². The monoisotopic (exact) mass is 316 g/mol. The minimum atomic E-state index is -0.0145. The summed E-state index contributed by atoms with van der Waals surface area (Å²) in [6.45, 7) is 2.65. The van der Waals surface area contributed by atoms with Crippen molar-refractivity contribution in [1.29, 1.82) is 0 Å². The van der Waals surface area contributed by atoms with Crippen LogP contribution in [0.4, 0.5) is 5.69 Å². The molecular formula is C16H16N2OS2. The zero-order chi connectivity index (χ0) is 15.0. The van der Waals surface area contributed by atoms with Gasteiger partial charge in [0, 0.05) is 23.7 Å². The van der Waals surface area contributed by atoms with Crippen LogP contribution in [0.2, 0.25) is 0 Å². The molecule has 0 saturated carbocycles. The van der Waals surface area contributed by atoms with Gasteiger partial charge in [-0.2, -0.15) is 11.3 Å². The van der Waals surface area contributed by atoms with E-state index in [1.54, 1.807) is 16.2 Å². The van der Waals surface area contributed by atoms with E-state index in [-0.39, 0.29) is 5.91 Å². The van der Waals surface area contributed by atoms with Gasteiger partial charge in [0.1, 0.15) is 4.88 Å². The van der Waals surface area contributed by atoms with Gasteiger partial charge in [0.25, 0.3) is 5.91 Å². The number of nitrogens with two attached hydrogens (primary N) is 1. The Bertz CT molecular complexity index is 790. The maximum absolute atomic E-state index is 12.6. The molecule has 0 atom stereocenters. The summed E-state index contributed by atoms with van der Waals surface area (Å²) in [5, 5.41) is 5.06. The number of carbonyl (C=O) groups is 1. The second-order valence-corrected chi connectivity index (χ2v) is 6.89. The maximum Gasteiger partial charge on any atom is 0.266 e. The third kappa shape index (κ3) is 2.54. The third-order valence-electron chi connectivity index (χ3n) is 3.49. The first kappa shape index (κ1) is 14.1. The first-order valence-corrected chi connectivity index (χ1v) is 8.38. The highest BCUT2D eigenvalue weighted by Crippen LogP contribution is 2.36. The van der Waals surface area contributed by atoms with E-state index >= 15 is 0 Å². The topological polar surface area (TPSA) is 46.3 Å². The Kier molecular flexibility index (Phi) is 3.69. The smallest absolute Gasteiger partial charge is 0.266 e. The molecule has 0 saturated heterocycles. The van der Waals surface area contributed by atoms with E-state index < -0.39 is 0 Å². The predicted molar refractivity (Wildman–Crippen MR) is 91.1 cm³/mol. The van der Waals surface area contributed by atoms with Crippen LogP contribution in [-0.2, 0) is 6.54 Å².